The second kappa shape index (κ2) is 7.44. The van der Waals surface area contributed by atoms with E-state index in [-0.39, 0.29) is 11.9 Å². The fraction of sp³-hybridized carbons (Fsp3) is 0.211. The molecule has 1 heterocycles. The van der Waals surface area contributed by atoms with Crippen molar-refractivity contribution in [2.24, 2.45) is 10.1 Å². The molecule has 1 amide bonds. The van der Waals surface area contributed by atoms with Gasteiger partial charge in [-0.3, -0.25) is 4.79 Å². The quantitative estimate of drug-likeness (QED) is 0.435. The van der Waals surface area contributed by atoms with Crippen LogP contribution in [0.2, 0.25) is 0 Å². The highest BCUT2D eigenvalue weighted by molar-refractivity contribution is 7.16. The van der Waals surface area contributed by atoms with Crippen molar-refractivity contribution < 1.29 is 10.0 Å². The minimum atomic E-state index is -0.281. The van der Waals surface area contributed by atoms with Crippen LogP contribution in [0.15, 0.2) is 58.7 Å². The largest absolute Gasteiger partial charge is 0.411 e. The predicted octanol–water partition coefficient (Wildman–Crippen LogP) is 4.16. The van der Waals surface area contributed by atoms with Gasteiger partial charge < -0.3 is 9.77 Å². The van der Waals surface area contributed by atoms with Gasteiger partial charge in [0.25, 0.3) is 5.91 Å². The molecule has 0 saturated carbocycles. The molecule has 2 aromatic carbocycles. The summed E-state index contributed by atoms with van der Waals surface area (Å²) < 4.78 is 2.98. The highest BCUT2D eigenvalue weighted by atomic mass is 32.1. The number of amides is 1. The minimum absolute atomic E-state index is 0.175. The average Bonchev–Trinajstić information content (AvgIpc) is 2.98. The molecule has 6 heteroatoms. The van der Waals surface area contributed by atoms with Crippen molar-refractivity contribution in [2.45, 2.75) is 26.3 Å². The van der Waals surface area contributed by atoms with E-state index in [0.717, 1.165) is 22.2 Å². The van der Waals surface area contributed by atoms with Gasteiger partial charge >= 0.3 is 0 Å². The Labute approximate surface area is 149 Å². The van der Waals surface area contributed by atoms with Crippen molar-refractivity contribution in [3.8, 4) is 0 Å². The van der Waals surface area contributed by atoms with Crippen LogP contribution in [-0.4, -0.2) is 21.9 Å². The molecule has 1 unspecified atom stereocenters. The zero-order chi connectivity index (χ0) is 17.8. The minimum Gasteiger partial charge on any atom is -0.411 e. The third-order valence-electron chi connectivity index (χ3n) is 4.02. The first-order valence-corrected chi connectivity index (χ1v) is 8.89. The Bertz CT molecular complexity index is 984. The van der Waals surface area contributed by atoms with Gasteiger partial charge in [-0.15, -0.1) is 0 Å². The molecule has 0 aliphatic rings. The van der Waals surface area contributed by atoms with E-state index in [1.54, 1.807) is 12.1 Å². The number of nitrogens with zero attached hydrogens (tertiary/aromatic N) is 3. The van der Waals surface area contributed by atoms with Crippen LogP contribution in [0.1, 0.15) is 35.3 Å². The molecule has 0 radical (unpaired) electrons. The van der Waals surface area contributed by atoms with Gasteiger partial charge in [-0.05, 0) is 37.6 Å². The molecule has 0 spiro atoms. The first-order chi connectivity index (χ1) is 12.1. The van der Waals surface area contributed by atoms with E-state index in [1.165, 1.54) is 17.6 Å². The van der Waals surface area contributed by atoms with Crippen LogP contribution in [0, 0.1) is 6.92 Å². The molecule has 0 fully saturated rings. The summed E-state index contributed by atoms with van der Waals surface area (Å²) in [5, 5.41) is 12.2. The van der Waals surface area contributed by atoms with Crippen molar-refractivity contribution in [1.82, 2.24) is 4.57 Å². The van der Waals surface area contributed by atoms with Crippen LogP contribution >= 0.6 is 11.3 Å². The van der Waals surface area contributed by atoms with Gasteiger partial charge in [0.05, 0.1) is 22.5 Å². The monoisotopic (exact) mass is 353 g/mol. The number of benzene rings is 2. The molecular weight excluding hydrogens is 334 g/mol. The van der Waals surface area contributed by atoms with E-state index < -0.39 is 0 Å². The molecule has 1 aromatic heterocycles. The number of carbonyl (C=O) groups is 1. The zero-order valence-electron chi connectivity index (χ0n) is 14.1. The Balaban J connectivity index is 2.17. The maximum absolute atomic E-state index is 12.6. The predicted molar refractivity (Wildman–Crippen MR) is 100 cm³/mol. The Hall–Kier alpha value is -2.73. The average molecular weight is 353 g/mol. The lowest BCUT2D eigenvalue weighted by Gasteiger charge is -2.12. The van der Waals surface area contributed by atoms with E-state index in [9.17, 15) is 4.79 Å². The first-order valence-electron chi connectivity index (χ1n) is 8.07. The van der Waals surface area contributed by atoms with Gasteiger partial charge in [-0.25, -0.2) is 0 Å². The summed E-state index contributed by atoms with van der Waals surface area (Å²) in [6, 6.07) is 15.1. The number of fused-ring (bicyclic) bond motifs is 1. The molecule has 0 bridgehead atoms. The van der Waals surface area contributed by atoms with Crippen molar-refractivity contribution in [2.75, 3.05) is 0 Å². The summed E-state index contributed by atoms with van der Waals surface area (Å²) in [7, 11) is 0. The summed E-state index contributed by atoms with van der Waals surface area (Å²) >= 11 is 1.45. The summed E-state index contributed by atoms with van der Waals surface area (Å²) in [5.74, 6) is -0.281. The van der Waals surface area contributed by atoms with Gasteiger partial charge in [0.1, 0.15) is 0 Å². The second-order valence-corrected chi connectivity index (χ2v) is 6.75. The summed E-state index contributed by atoms with van der Waals surface area (Å²) in [6.45, 7) is 3.97. The Morgan fingerprint density at radius 2 is 1.96 bits per heavy atom. The lowest BCUT2D eigenvalue weighted by Crippen LogP contribution is -2.22. The van der Waals surface area contributed by atoms with Gasteiger partial charge in [0.15, 0.2) is 4.80 Å². The third-order valence-corrected chi connectivity index (χ3v) is 5.05. The molecule has 1 atom stereocenters. The fourth-order valence-electron chi connectivity index (χ4n) is 2.67. The maximum atomic E-state index is 12.6. The van der Waals surface area contributed by atoms with Crippen molar-refractivity contribution >= 4 is 33.7 Å². The highest BCUT2D eigenvalue weighted by Gasteiger charge is 2.14. The Morgan fingerprint density at radius 1 is 1.24 bits per heavy atom. The maximum Gasteiger partial charge on any atom is 0.279 e. The van der Waals surface area contributed by atoms with E-state index in [0.29, 0.717) is 10.4 Å². The number of hydrogen-bond acceptors (Lipinski definition) is 4. The smallest absolute Gasteiger partial charge is 0.279 e. The van der Waals surface area contributed by atoms with Crippen LogP contribution in [0.3, 0.4) is 0 Å². The van der Waals surface area contributed by atoms with Gasteiger partial charge in [-0.1, -0.05) is 53.2 Å². The lowest BCUT2D eigenvalue weighted by molar-refractivity contribution is 0.0998. The van der Waals surface area contributed by atoms with Gasteiger partial charge in [0, 0.05) is 5.56 Å². The van der Waals surface area contributed by atoms with Crippen LogP contribution in [0.4, 0.5) is 0 Å². The fourth-order valence-corrected chi connectivity index (χ4v) is 3.74. The molecule has 0 saturated heterocycles. The number of thiazole rings is 1. The van der Waals surface area contributed by atoms with Crippen LogP contribution in [0.5, 0.6) is 0 Å². The van der Waals surface area contributed by atoms with Gasteiger partial charge in [0.2, 0.25) is 0 Å². The van der Waals surface area contributed by atoms with Crippen molar-refractivity contribution in [3.05, 3.63) is 64.5 Å². The van der Waals surface area contributed by atoms with Crippen LogP contribution in [0.25, 0.3) is 10.2 Å². The Kier molecular flexibility index (Phi) is 5.09. The van der Waals surface area contributed by atoms with Gasteiger partial charge in [-0.2, -0.15) is 4.99 Å². The van der Waals surface area contributed by atoms with Crippen molar-refractivity contribution in [1.29, 1.82) is 0 Å². The van der Waals surface area contributed by atoms with E-state index >= 15 is 0 Å². The summed E-state index contributed by atoms with van der Waals surface area (Å²) in [4.78, 5) is 17.5. The SMILES string of the molecule is CCC(C=NO)n1c(=NC(=O)c2ccc(C)cc2)sc2ccccc21. The molecule has 1 N–H and O–H groups in total. The topological polar surface area (TPSA) is 67.0 Å². The molecule has 0 aliphatic carbocycles. The number of para-hydroxylation sites is 1. The normalized spacial score (nSPS) is 13.6. The zero-order valence-corrected chi connectivity index (χ0v) is 14.9. The van der Waals surface area contributed by atoms with E-state index in [2.05, 4.69) is 10.1 Å². The second-order valence-electron chi connectivity index (χ2n) is 5.75. The van der Waals surface area contributed by atoms with Crippen LogP contribution < -0.4 is 4.80 Å². The number of oxime groups is 1. The standard InChI is InChI=1S/C19H19N3O2S/c1-3-15(12-20-24)22-16-6-4-5-7-17(16)25-19(22)21-18(23)14-10-8-13(2)9-11-14/h4-12,15,24H,3H2,1-2H3. The first kappa shape index (κ1) is 17.1. The highest BCUT2D eigenvalue weighted by Crippen LogP contribution is 2.21. The van der Waals surface area contributed by atoms with E-state index in [4.69, 9.17) is 5.21 Å². The van der Waals surface area contributed by atoms with E-state index in [1.807, 2.05) is 54.8 Å². The molecule has 128 valence electrons. The summed E-state index contributed by atoms with van der Waals surface area (Å²) in [5.41, 5.74) is 2.62. The molecule has 3 rings (SSSR count). The lowest BCUT2D eigenvalue weighted by atomic mass is 10.1. The third kappa shape index (κ3) is 3.53. The molecule has 25 heavy (non-hydrogen) atoms. The number of rotatable bonds is 4. The molecule has 3 aromatic rings. The number of hydrogen-bond donors (Lipinski definition) is 1. The number of aromatic nitrogens is 1. The summed E-state index contributed by atoms with van der Waals surface area (Å²) in [6.07, 6.45) is 2.19. The number of aryl methyl sites for hydroxylation is 1. The van der Waals surface area contributed by atoms with Crippen LogP contribution in [-0.2, 0) is 0 Å². The molecule has 0 aliphatic heterocycles. The molecule has 5 nitrogen and oxygen atoms in total. The Morgan fingerprint density at radius 3 is 2.64 bits per heavy atom. The molecular formula is C19H19N3O2S. The number of carbonyl (C=O) groups excluding carboxylic acids is 1. The van der Waals surface area contributed by atoms with Crippen molar-refractivity contribution in [3.63, 3.8) is 0 Å².